The van der Waals surface area contributed by atoms with Crippen LogP contribution in [0.5, 0.6) is 0 Å². The quantitative estimate of drug-likeness (QED) is 0.737. The fraction of sp³-hybridized carbons (Fsp3) is 0.875. The van der Waals surface area contributed by atoms with Crippen molar-refractivity contribution in [2.75, 3.05) is 0 Å². The Kier molecular flexibility index (Phi) is 9.04. The second-order valence-corrected chi connectivity index (χ2v) is 5.75. The standard InChI is InChI=1S/C6H15N.C2HCl3O2/c1-5(2)7-6(3)4;3-2(4,5)1(6)7/h5-7H,1-4H3;(H,6,7). The SMILES string of the molecule is CC(C)[NH2+]C(C)C.O=C([O-])C(Cl)(Cl)Cl. The number of hydrogen-bond acceptors (Lipinski definition) is 2. The molecule has 0 aliphatic carbocycles. The predicted molar refractivity (Wildman–Crippen MR) is 57.5 cm³/mol. The van der Waals surface area contributed by atoms with Crippen molar-refractivity contribution in [2.24, 2.45) is 0 Å². The Morgan fingerprint density at radius 2 is 1.36 bits per heavy atom. The molecule has 6 heteroatoms. The first-order valence-electron chi connectivity index (χ1n) is 4.20. The van der Waals surface area contributed by atoms with Gasteiger partial charge >= 0.3 is 0 Å². The average Bonchev–Trinajstić information content (AvgIpc) is 1.81. The number of alkyl halides is 3. The molecule has 0 atom stereocenters. The lowest BCUT2D eigenvalue weighted by Gasteiger charge is -2.09. The van der Waals surface area contributed by atoms with Gasteiger partial charge in [-0.2, -0.15) is 0 Å². The van der Waals surface area contributed by atoms with Crippen molar-refractivity contribution < 1.29 is 15.2 Å². The van der Waals surface area contributed by atoms with E-state index < -0.39 is 9.76 Å². The largest absolute Gasteiger partial charge is 0.545 e. The van der Waals surface area contributed by atoms with Crippen LogP contribution in [0.25, 0.3) is 0 Å². The Hall–Kier alpha value is 0.300. The van der Waals surface area contributed by atoms with Crippen molar-refractivity contribution in [1.29, 1.82) is 0 Å². The first kappa shape index (κ1) is 16.7. The summed E-state index contributed by atoms with van der Waals surface area (Å²) in [6.07, 6.45) is 0. The lowest BCUT2D eigenvalue weighted by atomic mass is 10.3. The topological polar surface area (TPSA) is 56.7 Å². The normalized spacial score (nSPS) is 11.2. The lowest BCUT2D eigenvalue weighted by Crippen LogP contribution is -2.92. The Balaban J connectivity index is 0. The average molecular weight is 265 g/mol. The molecule has 0 unspecified atom stereocenters. The molecule has 0 bridgehead atoms. The molecule has 0 aliphatic heterocycles. The maximum atomic E-state index is 9.51. The van der Waals surface area contributed by atoms with Gasteiger partial charge in [0, 0.05) is 0 Å². The van der Waals surface area contributed by atoms with Crippen molar-refractivity contribution in [3.05, 3.63) is 0 Å². The van der Waals surface area contributed by atoms with Gasteiger partial charge in [0.05, 0.1) is 18.1 Å². The monoisotopic (exact) mass is 263 g/mol. The molecule has 0 saturated carbocycles. The van der Waals surface area contributed by atoms with Gasteiger partial charge in [0.25, 0.3) is 0 Å². The molecule has 0 radical (unpaired) electrons. The van der Waals surface area contributed by atoms with Crippen molar-refractivity contribution in [3.63, 3.8) is 0 Å². The van der Waals surface area contributed by atoms with Crippen LogP contribution in [-0.4, -0.2) is 21.8 Å². The molecule has 2 N–H and O–H groups in total. The summed E-state index contributed by atoms with van der Waals surface area (Å²) in [4.78, 5) is 9.51. The molecule has 0 aromatic heterocycles. The number of halogens is 3. The van der Waals surface area contributed by atoms with E-state index in [9.17, 15) is 9.90 Å². The summed E-state index contributed by atoms with van der Waals surface area (Å²) >= 11 is 14.2. The number of nitrogens with two attached hydrogens (primary N) is 1. The molecule has 0 spiro atoms. The Bertz CT molecular complexity index is 160. The Morgan fingerprint density at radius 3 is 1.36 bits per heavy atom. The molecule has 0 aromatic carbocycles. The smallest absolute Gasteiger partial charge is 0.230 e. The van der Waals surface area contributed by atoms with E-state index in [0.29, 0.717) is 0 Å². The van der Waals surface area contributed by atoms with Gasteiger partial charge < -0.3 is 15.2 Å². The van der Waals surface area contributed by atoms with E-state index in [1.807, 2.05) is 0 Å². The minimum Gasteiger partial charge on any atom is -0.545 e. The number of carboxylic acids is 1. The number of carbonyl (C=O) groups excluding carboxylic acids is 1. The fourth-order valence-electron chi connectivity index (χ4n) is 0.770. The predicted octanol–water partition coefficient (Wildman–Crippen LogP) is 0.473. The summed E-state index contributed by atoms with van der Waals surface area (Å²) in [7, 11) is 0. The van der Waals surface area contributed by atoms with Gasteiger partial charge in [-0.3, -0.25) is 0 Å². The molecule has 0 rings (SSSR count). The zero-order chi connectivity index (χ0) is 11.9. The molecule has 0 saturated heterocycles. The molecule has 0 aromatic rings. The van der Waals surface area contributed by atoms with Crippen LogP contribution >= 0.6 is 34.8 Å². The first-order chi connectivity index (χ1) is 6.07. The highest BCUT2D eigenvalue weighted by Gasteiger charge is 2.20. The lowest BCUT2D eigenvalue weighted by molar-refractivity contribution is -0.709. The van der Waals surface area contributed by atoms with E-state index >= 15 is 0 Å². The van der Waals surface area contributed by atoms with Gasteiger partial charge in [0.2, 0.25) is 3.79 Å². The van der Waals surface area contributed by atoms with Crippen LogP contribution < -0.4 is 10.4 Å². The number of rotatable bonds is 2. The highest BCUT2D eigenvalue weighted by atomic mass is 35.6. The zero-order valence-corrected chi connectivity index (χ0v) is 11.0. The van der Waals surface area contributed by atoms with Gasteiger partial charge in [-0.15, -0.1) is 0 Å². The first-order valence-corrected chi connectivity index (χ1v) is 5.34. The summed E-state index contributed by atoms with van der Waals surface area (Å²) in [6, 6.07) is 1.50. The molecule has 3 nitrogen and oxygen atoms in total. The Morgan fingerprint density at radius 1 is 1.14 bits per heavy atom. The van der Waals surface area contributed by atoms with Crippen LogP contribution in [0.4, 0.5) is 0 Å². The summed E-state index contributed by atoms with van der Waals surface area (Å²) in [5.41, 5.74) is 0. The third-order valence-electron chi connectivity index (χ3n) is 1.00. The summed E-state index contributed by atoms with van der Waals surface area (Å²) < 4.78 is -2.28. The fourth-order valence-corrected chi connectivity index (χ4v) is 0.770. The van der Waals surface area contributed by atoms with Crippen LogP contribution in [-0.2, 0) is 4.79 Å². The van der Waals surface area contributed by atoms with Crippen LogP contribution in [0.15, 0.2) is 0 Å². The maximum absolute atomic E-state index is 9.51. The van der Waals surface area contributed by atoms with E-state index in [4.69, 9.17) is 34.8 Å². The highest BCUT2D eigenvalue weighted by molar-refractivity contribution is 6.75. The molecule has 0 fully saturated rings. The van der Waals surface area contributed by atoms with Crippen molar-refractivity contribution in [3.8, 4) is 0 Å². The summed E-state index contributed by atoms with van der Waals surface area (Å²) in [6.45, 7) is 8.83. The van der Waals surface area contributed by atoms with Crippen molar-refractivity contribution in [2.45, 2.75) is 43.6 Å². The number of carboxylic acid groups (broad SMARTS) is 1. The van der Waals surface area contributed by atoms with Crippen LogP contribution in [0.2, 0.25) is 0 Å². The van der Waals surface area contributed by atoms with Gasteiger partial charge in [-0.1, -0.05) is 34.8 Å². The minimum atomic E-state index is -2.28. The second-order valence-electron chi connectivity index (χ2n) is 3.47. The number of carbonyl (C=O) groups is 1. The van der Waals surface area contributed by atoms with E-state index in [0.717, 1.165) is 12.1 Å². The molecule has 0 amide bonds. The van der Waals surface area contributed by atoms with Gasteiger partial charge in [0.1, 0.15) is 0 Å². The van der Waals surface area contributed by atoms with Crippen molar-refractivity contribution >= 4 is 40.8 Å². The third kappa shape index (κ3) is 14.8. The van der Waals surface area contributed by atoms with Crippen LogP contribution in [0.3, 0.4) is 0 Å². The summed E-state index contributed by atoms with van der Waals surface area (Å²) in [5.74, 6) is -1.71. The molecule has 86 valence electrons. The molecule has 0 aliphatic rings. The highest BCUT2D eigenvalue weighted by Crippen LogP contribution is 2.24. The number of aliphatic carboxylic acids is 1. The molecular weight excluding hydrogens is 248 g/mol. The summed E-state index contributed by atoms with van der Waals surface area (Å²) in [5, 5.41) is 11.8. The van der Waals surface area contributed by atoms with E-state index in [2.05, 4.69) is 33.0 Å². The van der Waals surface area contributed by atoms with Gasteiger partial charge in [0.15, 0.2) is 0 Å². The van der Waals surface area contributed by atoms with E-state index in [-0.39, 0.29) is 0 Å². The van der Waals surface area contributed by atoms with E-state index in [1.54, 1.807) is 0 Å². The van der Waals surface area contributed by atoms with Gasteiger partial charge in [-0.05, 0) is 27.7 Å². The molecule has 0 heterocycles. The number of quaternary nitrogens is 1. The van der Waals surface area contributed by atoms with E-state index in [1.165, 1.54) is 0 Å². The zero-order valence-electron chi connectivity index (χ0n) is 8.68. The Labute approximate surface area is 99.7 Å². The third-order valence-corrected chi connectivity index (χ3v) is 1.46. The van der Waals surface area contributed by atoms with Crippen molar-refractivity contribution in [1.82, 2.24) is 0 Å². The van der Waals surface area contributed by atoms with Crippen LogP contribution in [0, 0.1) is 0 Å². The minimum absolute atomic E-state index is 0.750. The second kappa shape index (κ2) is 7.57. The van der Waals surface area contributed by atoms with Gasteiger partial charge in [-0.25, -0.2) is 0 Å². The number of hydrogen-bond donors (Lipinski definition) is 1. The van der Waals surface area contributed by atoms with Crippen LogP contribution in [0.1, 0.15) is 27.7 Å². The maximum Gasteiger partial charge on any atom is 0.230 e. The molecule has 14 heavy (non-hydrogen) atoms. The molecular formula is C8H16Cl3NO2.